The van der Waals surface area contributed by atoms with Crippen LogP contribution in [0.25, 0.3) is 0 Å². The Kier molecular flexibility index (Phi) is 4.78. The van der Waals surface area contributed by atoms with Crippen molar-refractivity contribution in [1.29, 1.82) is 0 Å². The summed E-state index contributed by atoms with van der Waals surface area (Å²) in [7, 11) is 4.61. The Hall–Kier alpha value is -2.54. The van der Waals surface area contributed by atoms with Crippen LogP contribution in [0, 0.1) is 0 Å². The molecular formula is C14H17N3O4. The topological polar surface area (TPSA) is 88.7 Å². The van der Waals surface area contributed by atoms with Gasteiger partial charge in [-0.05, 0) is 6.07 Å². The standard InChI is InChI=1S/C14H17N3O4/c1-18-11-6-10(7-12(19-2)13(11)20-3)21-14-9(8-15)4-5-16-17-14/h4-7H,8,15H2,1-3H3. The zero-order valence-electron chi connectivity index (χ0n) is 12.1. The molecule has 2 N–H and O–H groups in total. The minimum Gasteiger partial charge on any atom is -0.493 e. The number of hydrogen-bond donors (Lipinski definition) is 1. The van der Waals surface area contributed by atoms with E-state index in [1.807, 2.05) is 0 Å². The van der Waals surface area contributed by atoms with Crippen LogP contribution in [-0.2, 0) is 6.54 Å². The quantitative estimate of drug-likeness (QED) is 0.867. The van der Waals surface area contributed by atoms with E-state index in [1.165, 1.54) is 21.3 Å². The van der Waals surface area contributed by atoms with E-state index < -0.39 is 0 Å². The molecule has 7 heteroatoms. The number of methoxy groups -OCH3 is 3. The summed E-state index contributed by atoms with van der Waals surface area (Å²) in [4.78, 5) is 0. The molecule has 0 unspecified atom stereocenters. The average molecular weight is 291 g/mol. The molecule has 7 nitrogen and oxygen atoms in total. The van der Waals surface area contributed by atoms with Crippen molar-refractivity contribution in [2.24, 2.45) is 5.73 Å². The molecule has 0 aliphatic carbocycles. The van der Waals surface area contributed by atoms with Crippen LogP contribution in [0.4, 0.5) is 0 Å². The Balaban J connectivity index is 2.40. The zero-order valence-corrected chi connectivity index (χ0v) is 12.1. The third kappa shape index (κ3) is 3.14. The first-order chi connectivity index (χ1) is 10.2. The summed E-state index contributed by atoms with van der Waals surface area (Å²) in [5, 5.41) is 7.72. The second-order valence-corrected chi connectivity index (χ2v) is 4.03. The number of nitrogens with zero attached hydrogens (tertiary/aromatic N) is 2. The van der Waals surface area contributed by atoms with Gasteiger partial charge in [0.25, 0.3) is 0 Å². The number of nitrogens with two attached hydrogens (primary N) is 1. The maximum Gasteiger partial charge on any atom is 0.243 e. The molecule has 1 aromatic carbocycles. The first-order valence-electron chi connectivity index (χ1n) is 6.22. The summed E-state index contributed by atoms with van der Waals surface area (Å²) < 4.78 is 21.5. The summed E-state index contributed by atoms with van der Waals surface area (Å²) in [6.07, 6.45) is 1.56. The number of rotatable bonds is 6. The smallest absolute Gasteiger partial charge is 0.243 e. The molecule has 0 bridgehead atoms. The van der Waals surface area contributed by atoms with E-state index in [-0.39, 0.29) is 0 Å². The molecule has 2 rings (SSSR count). The van der Waals surface area contributed by atoms with Gasteiger partial charge in [0.05, 0.1) is 27.5 Å². The van der Waals surface area contributed by atoms with Gasteiger partial charge in [-0.3, -0.25) is 0 Å². The largest absolute Gasteiger partial charge is 0.493 e. The van der Waals surface area contributed by atoms with E-state index in [1.54, 1.807) is 24.4 Å². The van der Waals surface area contributed by atoms with Crippen LogP contribution in [0.1, 0.15) is 5.56 Å². The highest BCUT2D eigenvalue weighted by Gasteiger charge is 2.15. The number of aromatic nitrogens is 2. The van der Waals surface area contributed by atoms with Crippen molar-refractivity contribution in [3.05, 3.63) is 30.0 Å². The van der Waals surface area contributed by atoms with Gasteiger partial charge in [-0.15, -0.1) is 5.10 Å². The Morgan fingerprint density at radius 2 is 1.71 bits per heavy atom. The third-order valence-electron chi connectivity index (χ3n) is 2.84. The maximum absolute atomic E-state index is 5.72. The molecule has 1 heterocycles. The molecule has 2 aromatic rings. The highest BCUT2D eigenvalue weighted by atomic mass is 16.5. The van der Waals surface area contributed by atoms with E-state index in [0.717, 1.165) is 5.56 Å². The van der Waals surface area contributed by atoms with Crippen LogP contribution in [0.3, 0.4) is 0 Å². The molecular weight excluding hydrogens is 274 g/mol. The van der Waals surface area contributed by atoms with Crippen molar-refractivity contribution >= 4 is 0 Å². The lowest BCUT2D eigenvalue weighted by Gasteiger charge is -2.14. The predicted molar refractivity (Wildman–Crippen MR) is 76.1 cm³/mol. The molecule has 0 aliphatic heterocycles. The number of hydrogen-bond acceptors (Lipinski definition) is 7. The lowest BCUT2D eigenvalue weighted by Crippen LogP contribution is -2.02. The predicted octanol–water partition coefficient (Wildman–Crippen LogP) is 1.75. The van der Waals surface area contributed by atoms with Crippen molar-refractivity contribution in [3.63, 3.8) is 0 Å². The van der Waals surface area contributed by atoms with Crippen molar-refractivity contribution in [2.75, 3.05) is 21.3 Å². The van der Waals surface area contributed by atoms with Gasteiger partial charge in [-0.1, -0.05) is 0 Å². The van der Waals surface area contributed by atoms with Gasteiger partial charge in [-0.25, -0.2) is 0 Å². The molecule has 0 saturated carbocycles. The monoisotopic (exact) mass is 291 g/mol. The lowest BCUT2D eigenvalue weighted by atomic mass is 10.2. The Labute approximate surface area is 122 Å². The zero-order chi connectivity index (χ0) is 15.2. The summed E-state index contributed by atoms with van der Waals surface area (Å²) in [5.74, 6) is 2.30. The number of benzene rings is 1. The number of ether oxygens (including phenoxy) is 4. The van der Waals surface area contributed by atoms with Crippen molar-refractivity contribution < 1.29 is 18.9 Å². The summed E-state index contributed by atoms with van der Waals surface area (Å²) >= 11 is 0. The molecule has 0 aliphatic rings. The normalized spacial score (nSPS) is 10.1. The minimum atomic E-state index is 0.301. The second kappa shape index (κ2) is 6.76. The first kappa shape index (κ1) is 14.9. The fourth-order valence-corrected chi connectivity index (χ4v) is 1.81. The fourth-order valence-electron chi connectivity index (χ4n) is 1.81. The molecule has 0 saturated heterocycles. The summed E-state index contributed by atoms with van der Waals surface area (Å²) in [5.41, 5.74) is 6.39. The van der Waals surface area contributed by atoms with Gasteiger partial charge < -0.3 is 24.7 Å². The van der Waals surface area contributed by atoms with Crippen LogP contribution in [0.2, 0.25) is 0 Å². The van der Waals surface area contributed by atoms with Crippen LogP contribution < -0.4 is 24.7 Å². The Bertz CT molecular complexity index is 594. The van der Waals surface area contributed by atoms with Gasteiger partial charge in [0.15, 0.2) is 11.5 Å². The molecule has 112 valence electrons. The van der Waals surface area contributed by atoms with Gasteiger partial charge in [0, 0.05) is 24.2 Å². The molecule has 0 atom stereocenters. The highest BCUT2D eigenvalue weighted by molar-refractivity contribution is 5.56. The molecule has 0 fully saturated rings. The summed E-state index contributed by atoms with van der Waals surface area (Å²) in [6, 6.07) is 5.10. The van der Waals surface area contributed by atoms with E-state index >= 15 is 0 Å². The Morgan fingerprint density at radius 3 is 2.24 bits per heavy atom. The van der Waals surface area contributed by atoms with Gasteiger partial charge in [0.1, 0.15) is 5.75 Å². The maximum atomic E-state index is 5.72. The SMILES string of the molecule is COc1cc(Oc2nnccc2CN)cc(OC)c1OC. The van der Waals surface area contributed by atoms with Crippen molar-refractivity contribution in [1.82, 2.24) is 10.2 Å². The van der Waals surface area contributed by atoms with Crippen LogP contribution in [0.5, 0.6) is 28.9 Å². The van der Waals surface area contributed by atoms with Crippen molar-refractivity contribution in [2.45, 2.75) is 6.54 Å². The van der Waals surface area contributed by atoms with Crippen LogP contribution >= 0.6 is 0 Å². The third-order valence-corrected chi connectivity index (χ3v) is 2.84. The Morgan fingerprint density at radius 1 is 1.05 bits per heavy atom. The second-order valence-electron chi connectivity index (χ2n) is 4.03. The van der Waals surface area contributed by atoms with Gasteiger partial charge in [-0.2, -0.15) is 5.10 Å². The molecule has 0 amide bonds. The van der Waals surface area contributed by atoms with E-state index in [0.29, 0.717) is 35.4 Å². The molecule has 21 heavy (non-hydrogen) atoms. The van der Waals surface area contributed by atoms with Crippen LogP contribution in [0.15, 0.2) is 24.4 Å². The first-order valence-corrected chi connectivity index (χ1v) is 6.22. The minimum absolute atomic E-state index is 0.301. The van der Waals surface area contributed by atoms with E-state index in [9.17, 15) is 0 Å². The fraction of sp³-hybridized carbons (Fsp3) is 0.286. The molecule has 0 spiro atoms. The van der Waals surface area contributed by atoms with E-state index in [2.05, 4.69) is 10.2 Å². The van der Waals surface area contributed by atoms with Crippen LogP contribution in [-0.4, -0.2) is 31.5 Å². The van der Waals surface area contributed by atoms with Gasteiger partial charge >= 0.3 is 0 Å². The van der Waals surface area contributed by atoms with E-state index in [4.69, 9.17) is 24.7 Å². The van der Waals surface area contributed by atoms with Gasteiger partial charge in [0.2, 0.25) is 11.6 Å². The molecule has 0 radical (unpaired) electrons. The average Bonchev–Trinajstić information content (AvgIpc) is 2.54. The lowest BCUT2D eigenvalue weighted by molar-refractivity contribution is 0.320. The molecule has 1 aromatic heterocycles. The van der Waals surface area contributed by atoms with Crippen molar-refractivity contribution in [3.8, 4) is 28.9 Å². The summed E-state index contributed by atoms with van der Waals surface area (Å²) in [6.45, 7) is 0.301. The highest BCUT2D eigenvalue weighted by Crippen LogP contribution is 2.41.